The maximum Gasteiger partial charge on any atom is 0.320 e. The first kappa shape index (κ1) is 12.6. The van der Waals surface area contributed by atoms with Crippen molar-refractivity contribution >= 4 is 17.6 Å². The number of primary amides is 1. The molecule has 0 bridgehead atoms. The van der Waals surface area contributed by atoms with Gasteiger partial charge in [-0.2, -0.15) is 0 Å². The predicted molar refractivity (Wildman–Crippen MR) is 58.5 cm³/mol. The first-order valence-electron chi connectivity index (χ1n) is 4.68. The monoisotopic (exact) mass is 238 g/mol. The van der Waals surface area contributed by atoms with Gasteiger partial charge >= 0.3 is 11.7 Å². The second-order valence-electron chi connectivity index (χ2n) is 3.26. The summed E-state index contributed by atoms with van der Waals surface area (Å²) < 4.78 is 0. The first-order valence-corrected chi connectivity index (χ1v) is 4.68. The van der Waals surface area contributed by atoms with Crippen LogP contribution in [0.3, 0.4) is 0 Å². The number of carbonyl (C=O) groups is 2. The number of hydrogen-bond acceptors (Lipinski definition) is 4. The van der Waals surface area contributed by atoms with Crippen LogP contribution in [0.1, 0.15) is 15.9 Å². The van der Waals surface area contributed by atoms with E-state index in [9.17, 15) is 14.5 Å². The largest absolute Gasteiger partial charge is 0.351 e. The van der Waals surface area contributed by atoms with Crippen LogP contribution in [0.15, 0.2) is 18.2 Å². The highest BCUT2D eigenvalue weighted by Crippen LogP contribution is 2.19. The molecular weight excluding hydrogens is 226 g/mol. The van der Waals surface area contributed by atoms with E-state index in [2.05, 4.69) is 4.84 Å². The molecule has 0 radical (unpaired) electrons. The smallest absolute Gasteiger partial charge is 0.320 e. The van der Waals surface area contributed by atoms with E-state index < -0.39 is 11.9 Å². The third-order valence-electron chi connectivity index (χ3n) is 2.07. The molecule has 1 aromatic rings. The second kappa shape index (κ2) is 5.06. The molecule has 17 heavy (non-hydrogen) atoms. The van der Waals surface area contributed by atoms with E-state index >= 15 is 0 Å². The first-order chi connectivity index (χ1) is 7.95. The lowest BCUT2D eigenvalue weighted by molar-refractivity contribution is -0.737. The molecule has 0 unspecified atom stereocenters. The Bertz CT molecular complexity index is 484. The number of benzene rings is 1. The Balaban J connectivity index is 3.08. The summed E-state index contributed by atoms with van der Waals surface area (Å²) in [6.07, 6.45) is 0. The Kier molecular flexibility index (Phi) is 3.76. The maximum absolute atomic E-state index is 11.5. The van der Waals surface area contributed by atoms with Crippen molar-refractivity contribution in [2.75, 3.05) is 7.11 Å². The summed E-state index contributed by atoms with van der Waals surface area (Å²) in [5.74, 6) is -0.678. The Hall–Kier alpha value is -2.44. The zero-order chi connectivity index (χ0) is 13.0. The van der Waals surface area contributed by atoms with Crippen molar-refractivity contribution in [1.82, 2.24) is 5.32 Å². The summed E-state index contributed by atoms with van der Waals surface area (Å²) in [5.41, 5.74) is 5.78. The van der Waals surface area contributed by atoms with Crippen LogP contribution in [0, 0.1) is 11.8 Å². The highest BCUT2D eigenvalue weighted by atomic mass is 16.8. The van der Waals surface area contributed by atoms with Gasteiger partial charge in [-0.05, 0) is 13.0 Å². The van der Waals surface area contributed by atoms with Gasteiger partial charge in [0.1, 0.15) is 0 Å². The average Bonchev–Trinajstić information content (AvgIpc) is 2.27. The van der Waals surface area contributed by atoms with Gasteiger partial charge in [-0.15, -0.1) is 0 Å². The molecular formula is C10H12N3O4+. The quantitative estimate of drug-likeness (QED) is 0.759. The zero-order valence-corrected chi connectivity index (χ0v) is 9.39. The molecule has 0 heterocycles. The fourth-order valence-corrected chi connectivity index (χ4v) is 1.23. The molecule has 0 saturated heterocycles. The van der Waals surface area contributed by atoms with E-state index in [1.54, 1.807) is 13.0 Å². The van der Waals surface area contributed by atoms with Crippen molar-refractivity contribution in [2.24, 2.45) is 5.73 Å². The molecule has 3 N–H and O–H groups in total. The number of urea groups is 1. The van der Waals surface area contributed by atoms with E-state index in [-0.39, 0.29) is 16.2 Å². The van der Waals surface area contributed by atoms with Crippen LogP contribution in [0.4, 0.5) is 10.5 Å². The molecule has 0 aliphatic carbocycles. The van der Waals surface area contributed by atoms with Gasteiger partial charge in [0.05, 0.1) is 4.91 Å². The number of amides is 3. The van der Waals surface area contributed by atoms with Crippen molar-refractivity contribution in [1.29, 1.82) is 0 Å². The van der Waals surface area contributed by atoms with Crippen LogP contribution in [0.2, 0.25) is 0 Å². The maximum atomic E-state index is 11.5. The van der Waals surface area contributed by atoms with E-state index in [0.717, 1.165) is 0 Å². The Morgan fingerprint density at radius 1 is 1.41 bits per heavy atom. The molecule has 7 nitrogen and oxygen atoms in total. The molecule has 90 valence electrons. The summed E-state index contributed by atoms with van der Waals surface area (Å²) in [6, 6.07) is 3.39. The molecule has 0 aliphatic heterocycles. The van der Waals surface area contributed by atoms with Gasteiger partial charge in [-0.1, -0.05) is 6.07 Å². The average molecular weight is 238 g/mol. The SMILES string of the molecule is CO[N+](=O)c1cc(C(=O)NC(N)=O)ccc1C. The van der Waals surface area contributed by atoms with Gasteiger partial charge in [0.15, 0.2) is 7.11 Å². The molecule has 1 aromatic carbocycles. The van der Waals surface area contributed by atoms with Crippen molar-refractivity contribution in [3.05, 3.63) is 34.2 Å². The van der Waals surface area contributed by atoms with Crippen molar-refractivity contribution < 1.29 is 19.3 Å². The van der Waals surface area contributed by atoms with E-state index in [1.807, 2.05) is 5.32 Å². The van der Waals surface area contributed by atoms with Crippen molar-refractivity contribution in [2.45, 2.75) is 6.92 Å². The van der Waals surface area contributed by atoms with Crippen LogP contribution in [-0.4, -0.2) is 24.0 Å². The second-order valence-corrected chi connectivity index (χ2v) is 3.26. The molecule has 0 aliphatic rings. The number of carbonyl (C=O) groups excluding carboxylic acids is 2. The van der Waals surface area contributed by atoms with Gasteiger partial charge in [0.25, 0.3) is 10.8 Å². The summed E-state index contributed by atoms with van der Waals surface area (Å²) in [5, 5.41) is 1.90. The summed E-state index contributed by atoms with van der Waals surface area (Å²) in [7, 11) is 1.21. The highest BCUT2D eigenvalue weighted by molar-refractivity contribution is 6.04. The number of aryl methyl sites for hydroxylation is 1. The Morgan fingerprint density at radius 3 is 2.59 bits per heavy atom. The van der Waals surface area contributed by atoms with Crippen LogP contribution < -0.4 is 11.1 Å². The van der Waals surface area contributed by atoms with Crippen LogP contribution in [0.5, 0.6) is 0 Å². The van der Waals surface area contributed by atoms with E-state index in [0.29, 0.717) is 5.56 Å². The minimum atomic E-state index is -0.956. The number of nitrogens with one attached hydrogen (secondary N) is 1. The number of imide groups is 1. The number of nitrogens with two attached hydrogens (primary N) is 1. The molecule has 3 amide bonds. The van der Waals surface area contributed by atoms with Crippen molar-refractivity contribution in [3.8, 4) is 0 Å². The van der Waals surface area contributed by atoms with Gasteiger partial charge in [-0.3, -0.25) is 10.1 Å². The van der Waals surface area contributed by atoms with Crippen LogP contribution >= 0.6 is 0 Å². The lowest BCUT2D eigenvalue weighted by Crippen LogP contribution is -2.34. The standard InChI is InChI=1S/C10H11N3O4/c1-6-3-4-7(9(14)12-10(11)15)5-8(6)13(16)17-2/h3-5H,1-2H3,(H2-,11,12,14,15)/p+1. The molecule has 0 spiro atoms. The lowest BCUT2D eigenvalue weighted by Gasteiger charge is -2.01. The van der Waals surface area contributed by atoms with Crippen LogP contribution in [0.25, 0.3) is 0 Å². The highest BCUT2D eigenvalue weighted by Gasteiger charge is 2.21. The fourth-order valence-electron chi connectivity index (χ4n) is 1.23. The Labute approximate surface area is 97.1 Å². The van der Waals surface area contributed by atoms with Gasteiger partial charge in [0.2, 0.25) is 0 Å². The third kappa shape index (κ3) is 3.00. The van der Waals surface area contributed by atoms with Crippen LogP contribution in [-0.2, 0) is 4.84 Å². The topological polar surface area (TPSA) is 102 Å². The Morgan fingerprint density at radius 2 is 2.06 bits per heavy atom. The van der Waals surface area contributed by atoms with Gasteiger partial charge in [-0.25, -0.2) is 9.63 Å². The molecule has 7 heteroatoms. The summed E-state index contributed by atoms with van der Waals surface area (Å²) in [6.45, 7) is 1.69. The number of hydrogen-bond donors (Lipinski definition) is 2. The predicted octanol–water partition coefficient (Wildman–Crippen LogP) is 0.775. The molecule has 0 fully saturated rings. The lowest BCUT2D eigenvalue weighted by atomic mass is 10.1. The summed E-state index contributed by atoms with van der Waals surface area (Å²) in [4.78, 5) is 38.0. The minimum absolute atomic E-state index is 0.141. The molecule has 0 atom stereocenters. The molecule has 0 aromatic heterocycles. The van der Waals surface area contributed by atoms with Gasteiger partial charge in [0, 0.05) is 17.2 Å². The fraction of sp³-hybridized carbons (Fsp3) is 0.200. The van der Waals surface area contributed by atoms with Crippen molar-refractivity contribution in [3.63, 3.8) is 0 Å². The summed E-state index contributed by atoms with van der Waals surface area (Å²) >= 11 is 0. The van der Waals surface area contributed by atoms with E-state index in [1.165, 1.54) is 19.2 Å². The number of rotatable bonds is 3. The normalized spacial score (nSPS) is 9.53. The van der Waals surface area contributed by atoms with Gasteiger partial charge < -0.3 is 5.73 Å². The molecule has 1 rings (SSSR count). The molecule has 0 saturated carbocycles. The minimum Gasteiger partial charge on any atom is -0.351 e. The third-order valence-corrected chi connectivity index (χ3v) is 2.07. The van der Waals surface area contributed by atoms with E-state index in [4.69, 9.17) is 5.73 Å². The number of nitrogens with zero attached hydrogens (tertiary/aromatic N) is 1. The zero-order valence-electron chi connectivity index (χ0n) is 9.39.